The Morgan fingerprint density at radius 3 is 2.83 bits per heavy atom. The van der Waals surface area contributed by atoms with Crippen LogP contribution < -0.4 is 11.1 Å². The van der Waals surface area contributed by atoms with Crippen LogP contribution in [0.5, 0.6) is 0 Å². The first-order chi connectivity index (χ1) is 5.61. The van der Waals surface area contributed by atoms with Crippen LogP contribution in [0.4, 0.5) is 0 Å². The molecule has 1 amide bonds. The van der Waals surface area contributed by atoms with Crippen molar-refractivity contribution in [3.05, 3.63) is 0 Å². The van der Waals surface area contributed by atoms with Crippen molar-refractivity contribution in [2.75, 3.05) is 6.54 Å². The number of hydrogen-bond donors (Lipinski definition) is 2. The van der Waals surface area contributed by atoms with E-state index in [1.165, 1.54) is 0 Å². The molecule has 0 saturated carbocycles. The second kappa shape index (κ2) is 3.90. The molecule has 0 aliphatic carbocycles. The Bertz CT molecular complexity index is 168. The van der Waals surface area contributed by atoms with Crippen LogP contribution in [0.25, 0.3) is 0 Å². The largest absolute Gasteiger partial charge is 0.370 e. The average molecular weight is 170 g/mol. The van der Waals surface area contributed by atoms with Crippen molar-refractivity contribution in [1.82, 2.24) is 5.32 Å². The fraction of sp³-hybridized carbons (Fsp3) is 0.889. The number of primary amides is 1. The molecule has 0 radical (unpaired) electrons. The third kappa shape index (κ3) is 2.21. The molecule has 1 fully saturated rings. The smallest absolute Gasteiger partial charge is 0.217 e. The highest BCUT2D eigenvalue weighted by Gasteiger charge is 2.29. The molecule has 1 saturated heterocycles. The topological polar surface area (TPSA) is 55.1 Å². The van der Waals surface area contributed by atoms with Gasteiger partial charge in [0.15, 0.2) is 0 Å². The molecule has 70 valence electrons. The zero-order valence-corrected chi connectivity index (χ0v) is 7.84. The van der Waals surface area contributed by atoms with Crippen molar-refractivity contribution in [2.24, 2.45) is 17.6 Å². The van der Waals surface area contributed by atoms with E-state index in [0.717, 1.165) is 13.0 Å². The second-order valence-electron chi connectivity index (χ2n) is 3.94. The normalized spacial score (nSPS) is 29.6. The Morgan fingerprint density at radius 2 is 2.33 bits per heavy atom. The van der Waals surface area contributed by atoms with E-state index in [1.807, 2.05) is 0 Å². The van der Waals surface area contributed by atoms with Crippen LogP contribution in [0, 0.1) is 11.8 Å². The number of nitrogens with one attached hydrogen (secondary N) is 1. The minimum atomic E-state index is -0.172. The van der Waals surface area contributed by atoms with E-state index in [9.17, 15) is 4.79 Å². The van der Waals surface area contributed by atoms with Crippen molar-refractivity contribution in [1.29, 1.82) is 0 Å². The summed E-state index contributed by atoms with van der Waals surface area (Å²) in [5.41, 5.74) is 5.17. The lowest BCUT2D eigenvalue weighted by molar-refractivity contribution is -0.119. The molecule has 0 aromatic carbocycles. The van der Waals surface area contributed by atoms with Gasteiger partial charge in [-0.05, 0) is 24.8 Å². The third-order valence-electron chi connectivity index (χ3n) is 2.58. The van der Waals surface area contributed by atoms with Crippen LogP contribution >= 0.6 is 0 Å². The van der Waals surface area contributed by atoms with E-state index >= 15 is 0 Å². The molecule has 12 heavy (non-hydrogen) atoms. The van der Waals surface area contributed by atoms with Gasteiger partial charge in [-0.1, -0.05) is 13.8 Å². The molecule has 2 unspecified atom stereocenters. The van der Waals surface area contributed by atoms with Gasteiger partial charge in [-0.3, -0.25) is 4.79 Å². The van der Waals surface area contributed by atoms with E-state index in [1.54, 1.807) is 0 Å². The molecule has 0 aromatic heterocycles. The molecule has 1 aliphatic rings. The van der Waals surface area contributed by atoms with Gasteiger partial charge in [-0.15, -0.1) is 0 Å². The lowest BCUT2D eigenvalue weighted by atomic mass is 9.89. The molecule has 3 nitrogen and oxygen atoms in total. The minimum absolute atomic E-state index is 0.172. The van der Waals surface area contributed by atoms with Crippen molar-refractivity contribution < 1.29 is 4.79 Å². The highest BCUT2D eigenvalue weighted by Crippen LogP contribution is 2.24. The van der Waals surface area contributed by atoms with E-state index in [0.29, 0.717) is 24.3 Å². The molecule has 3 N–H and O–H groups in total. The van der Waals surface area contributed by atoms with E-state index in [-0.39, 0.29) is 5.91 Å². The first-order valence-corrected chi connectivity index (χ1v) is 4.63. The maximum Gasteiger partial charge on any atom is 0.217 e. The molecular weight excluding hydrogens is 152 g/mol. The lowest BCUT2D eigenvalue weighted by Gasteiger charge is -2.21. The zero-order chi connectivity index (χ0) is 9.14. The molecular formula is C9H18N2O. The predicted molar refractivity (Wildman–Crippen MR) is 48.5 cm³/mol. The van der Waals surface area contributed by atoms with Crippen LogP contribution in [-0.2, 0) is 4.79 Å². The average Bonchev–Trinajstić information content (AvgIpc) is 2.33. The summed E-state index contributed by atoms with van der Waals surface area (Å²) < 4.78 is 0. The van der Waals surface area contributed by atoms with Gasteiger partial charge in [0.1, 0.15) is 0 Å². The van der Waals surface area contributed by atoms with Gasteiger partial charge in [0, 0.05) is 12.5 Å². The molecule has 0 spiro atoms. The van der Waals surface area contributed by atoms with Gasteiger partial charge in [-0.25, -0.2) is 0 Å². The van der Waals surface area contributed by atoms with Gasteiger partial charge in [0.2, 0.25) is 5.91 Å². The number of rotatable bonds is 3. The predicted octanol–water partition coefficient (Wildman–Crippen LogP) is 0.496. The number of hydrogen-bond acceptors (Lipinski definition) is 2. The van der Waals surface area contributed by atoms with E-state index in [4.69, 9.17) is 5.73 Å². The quantitative estimate of drug-likeness (QED) is 0.648. The molecule has 2 atom stereocenters. The van der Waals surface area contributed by atoms with Crippen LogP contribution in [0.15, 0.2) is 0 Å². The van der Waals surface area contributed by atoms with Crippen LogP contribution in [0.2, 0.25) is 0 Å². The maximum atomic E-state index is 10.7. The summed E-state index contributed by atoms with van der Waals surface area (Å²) in [6.07, 6.45) is 1.63. The maximum absolute atomic E-state index is 10.7. The Balaban J connectivity index is 2.46. The first-order valence-electron chi connectivity index (χ1n) is 4.63. The van der Waals surface area contributed by atoms with E-state index < -0.39 is 0 Å². The SMILES string of the molecule is CC(C)C1NCCC1CC(N)=O. The monoisotopic (exact) mass is 170 g/mol. The van der Waals surface area contributed by atoms with Crippen molar-refractivity contribution in [3.63, 3.8) is 0 Å². The Labute approximate surface area is 73.7 Å². The second-order valence-corrected chi connectivity index (χ2v) is 3.94. The van der Waals surface area contributed by atoms with Gasteiger partial charge in [-0.2, -0.15) is 0 Å². The summed E-state index contributed by atoms with van der Waals surface area (Å²) in [6.45, 7) is 5.38. The summed E-state index contributed by atoms with van der Waals surface area (Å²) in [7, 11) is 0. The van der Waals surface area contributed by atoms with Gasteiger partial charge in [0.25, 0.3) is 0 Å². The van der Waals surface area contributed by atoms with Gasteiger partial charge >= 0.3 is 0 Å². The number of carbonyl (C=O) groups is 1. The lowest BCUT2D eigenvalue weighted by Crippen LogP contribution is -2.34. The Kier molecular flexibility index (Phi) is 3.09. The summed E-state index contributed by atoms with van der Waals surface area (Å²) in [5, 5.41) is 3.40. The molecule has 1 aliphatic heterocycles. The van der Waals surface area contributed by atoms with E-state index in [2.05, 4.69) is 19.2 Å². The minimum Gasteiger partial charge on any atom is -0.370 e. The molecule has 1 heterocycles. The standard InChI is InChI=1S/C9H18N2O/c1-6(2)9-7(3-4-11-9)5-8(10)12/h6-7,9,11H,3-5H2,1-2H3,(H2,10,12). The number of amides is 1. The zero-order valence-electron chi connectivity index (χ0n) is 7.84. The highest BCUT2D eigenvalue weighted by atomic mass is 16.1. The van der Waals surface area contributed by atoms with Crippen LogP contribution in [0.1, 0.15) is 26.7 Å². The molecule has 1 rings (SSSR count). The Morgan fingerprint density at radius 1 is 1.67 bits per heavy atom. The first kappa shape index (κ1) is 9.52. The summed E-state index contributed by atoms with van der Waals surface area (Å²) in [5.74, 6) is 0.883. The van der Waals surface area contributed by atoms with Crippen molar-refractivity contribution >= 4 is 5.91 Å². The van der Waals surface area contributed by atoms with Crippen molar-refractivity contribution in [2.45, 2.75) is 32.7 Å². The molecule has 0 aromatic rings. The van der Waals surface area contributed by atoms with Gasteiger partial charge < -0.3 is 11.1 Å². The third-order valence-corrected chi connectivity index (χ3v) is 2.58. The number of carbonyl (C=O) groups excluding carboxylic acids is 1. The highest BCUT2D eigenvalue weighted by molar-refractivity contribution is 5.74. The summed E-state index contributed by atoms with van der Waals surface area (Å²) in [4.78, 5) is 10.7. The fourth-order valence-electron chi connectivity index (χ4n) is 2.05. The number of nitrogens with two attached hydrogens (primary N) is 1. The fourth-order valence-corrected chi connectivity index (χ4v) is 2.05. The van der Waals surface area contributed by atoms with Crippen molar-refractivity contribution in [3.8, 4) is 0 Å². The Hall–Kier alpha value is -0.570. The summed E-state index contributed by atoms with van der Waals surface area (Å²) >= 11 is 0. The van der Waals surface area contributed by atoms with Crippen LogP contribution in [-0.4, -0.2) is 18.5 Å². The van der Waals surface area contributed by atoms with Gasteiger partial charge in [0.05, 0.1) is 0 Å². The van der Waals surface area contributed by atoms with Crippen LogP contribution in [0.3, 0.4) is 0 Å². The molecule has 0 bridgehead atoms. The summed E-state index contributed by atoms with van der Waals surface area (Å²) in [6, 6.07) is 0.484. The molecule has 3 heteroatoms.